The second-order valence-electron chi connectivity index (χ2n) is 3.98. The van der Waals surface area contributed by atoms with Gasteiger partial charge in [-0.1, -0.05) is 11.6 Å². The van der Waals surface area contributed by atoms with E-state index in [1.807, 2.05) is 6.92 Å². The van der Waals surface area contributed by atoms with Crippen LogP contribution in [0, 0.1) is 12.7 Å². The van der Waals surface area contributed by atoms with Gasteiger partial charge in [-0.25, -0.2) is 9.37 Å². The first-order valence-corrected chi connectivity index (χ1v) is 6.64. The maximum atomic E-state index is 13.7. The summed E-state index contributed by atoms with van der Waals surface area (Å²) in [7, 11) is 1.39. The van der Waals surface area contributed by atoms with Gasteiger partial charge in [-0.05, 0) is 6.92 Å². The Morgan fingerprint density at radius 1 is 1.47 bits per heavy atom. The van der Waals surface area contributed by atoms with Crippen LogP contribution in [-0.4, -0.2) is 22.3 Å². The Kier molecular flexibility index (Phi) is 2.91. The van der Waals surface area contributed by atoms with Crippen molar-refractivity contribution in [1.82, 2.24) is 15.2 Å². The van der Waals surface area contributed by atoms with E-state index in [0.29, 0.717) is 10.2 Å². The van der Waals surface area contributed by atoms with E-state index in [-0.39, 0.29) is 10.8 Å². The molecule has 0 fully saturated rings. The molecule has 2 heterocycles. The summed E-state index contributed by atoms with van der Waals surface area (Å²) in [5, 5.41) is 7.80. The highest BCUT2D eigenvalue weighted by atomic mass is 35.5. The molecule has 0 bridgehead atoms. The summed E-state index contributed by atoms with van der Waals surface area (Å²) in [6.07, 6.45) is 1.69. The second kappa shape index (κ2) is 4.47. The molecule has 4 nitrogen and oxygen atoms in total. The minimum absolute atomic E-state index is 0.0493. The number of hydrogen-bond acceptors (Lipinski definition) is 4. The number of nitrogens with zero attached hydrogens (tertiary/aromatic N) is 2. The van der Waals surface area contributed by atoms with E-state index in [1.54, 1.807) is 6.20 Å². The van der Waals surface area contributed by atoms with Crippen LogP contribution in [0.1, 0.15) is 5.69 Å². The summed E-state index contributed by atoms with van der Waals surface area (Å²) in [5.41, 5.74) is 2.31. The Morgan fingerprint density at radius 2 is 2.26 bits per heavy atom. The van der Waals surface area contributed by atoms with Crippen LogP contribution in [0.3, 0.4) is 0 Å². The van der Waals surface area contributed by atoms with Gasteiger partial charge in [0.15, 0.2) is 11.6 Å². The molecule has 0 aliphatic rings. The zero-order chi connectivity index (χ0) is 13.6. The molecule has 2 aromatic heterocycles. The smallest absolute Gasteiger partial charge is 0.174 e. The van der Waals surface area contributed by atoms with Crippen molar-refractivity contribution < 1.29 is 9.13 Å². The molecule has 3 rings (SSSR count). The fourth-order valence-corrected chi connectivity index (χ4v) is 3.27. The van der Waals surface area contributed by atoms with Crippen LogP contribution in [0.4, 0.5) is 4.39 Å². The summed E-state index contributed by atoms with van der Waals surface area (Å²) in [5.74, 6) is -0.464. The van der Waals surface area contributed by atoms with Crippen LogP contribution in [0.5, 0.6) is 5.75 Å². The standard InChI is InChI=1S/C12H9ClFN3OS/c1-5-6(4-15-17-5)12-16-8-3-7(14)10(18-2)9(13)11(8)19-12/h3-4H,1-2H3,(H,15,17). The van der Waals surface area contributed by atoms with E-state index < -0.39 is 5.82 Å². The Bertz CT molecular complexity index is 768. The molecule has 0 aliphatic heterocycles. The number of nitrogens with one attached hydrogen (secondary N) is 1. The van der Waals surface area contributed by atoms with Gasteiger partial charge >= 0.3 is 0 Å². The zero-order valence-corrected chi connectivity index (χ0v) is 11.7. The van der Waals surface area contributed by atoms with Crippen LogP contribution < -0.4 is 4.74 Å². The SMILES string of the molecule is COc1c(F)cc2nc(-c3cn[nH]c3C)sc2c1Cl. The molecule has 3 aromatic rings. The Morgan fingerprint density at radius 3 is 2.89 bits per heavy atom. The van der Waals surface area contributed by atoms with Crippen molar-refractivity contribution in [2.75, 3.05) is 7.11 Å². The van der Waals surface area contributed by atoms with Crippen LogP contribution in [-0.2, 0) is 0 Å². The largest absolute Gasteiger partial charge is 0.492 e. The third-order valence-corrected chi connectivity index (χ3v) is 4.39. The first kappa shape index (κ1) is 12.4. The number of rotatable bonds is 2. The summed E-state index contributed by atoms with van der Waals surface area (Å²) in [6.45, 7) is 1.90. The van der Waals surface area contributed by atoms with Gasteiger partial charge in [0.2, 0.25) is 0 Å². The van der Waals surface area contributed by atoms with Crippen LogP contribution in [0.15, 0.2) is 12.3 Å². The van der Waals surface area contributed by atoms with Crippen molar-refractivity contribution in [3.8, 4) is 16.3 Å². The Hall–Kier alpha value is -1.66. The molecule has 0 aliphatic carbocycles. The highest BCUT2D eigenvalue weighted by Crippen LogP contribution is 2.41. The van der Waals surface area contributed by atoms with Crippen LogP contribution >= 0.6 is 22.9 Å². The number of methoxy groups -OCH3 is 1. The number of aromatic amines is 1. The lowest BCUT2D eigenvalue weighted by molar-refractivity contribution is 0.388. The maximum absolute atomic E-state index is 13.7. The van der Waals surface area contributed by atoms with Crippen molar-refractivity contribution in [1.29, 1.82) is 0 Å². The Labute approximate surface area is 117 Å². The predicted octanol–water partition coefficient (Wildman–Crippen LogP) is 3.80. The number of aryl methyl sites for hydroxylation is 1. The predicted molar refractivity (Wildman–Crippen MR) is 73.5 cm³/mol. The van der Waals surface area contributed by atoms with E-state index in [4.69, 9.17) is 16.3 Å². The van der Waals surface area contributed by atoms with E-state index in [0.717, 1.165) is 16.3 Å². The van der Waals surface area contributed by atoms with Crippen molar-refractivity contribution >= 4 is 33.2 Å². The van der Waals surface area contributed by atoms with E-state index in [9.17, 15) is 4.39 Å². The lowest BCUT2D eigenvalue weighted by atomic mass is 10.3. The molecule has 0 unspecified atom stereocenters. The number of aromatic nitrogens is 3. The van der Waals surface area contributed by atoms with Crippen molar-refractivity contribution in [3.63, 3.8) is 0 Å². The lowest BCUT2D eigenvalue weighted by Gasteiger charge is -2.03. The third-order valence-electron chi connectivity index (χ3n) is 2.80. The number of benzene rings is 1. The number of hydrogen-bond donors (Lipinski definition) is 1. The summed E-state index contributed by atoms with van der Waals surface area (Å²) in [6, 6.07) is 1.33. The third kappa shape index (κ3) is 1.87. The van der Waals surface area contributed by atoms with Crippen molar-refractivity contribution in [2.45, 2.75) is 6.92 Å². The molecule has 7 heteroatoms. The molecule has 0 saturated carbocycles. The molecular formula is C12H9ClFN3OS. The minimum Gasteiger partial charge on any atom is -0.492 e. The molecule has 0 radical (unpaired) electrons. The number of thiazole rings is 1. The topological polar surface area (TPSA) is 50.8 Å². The molecule has 0 spiro atoms. The van der Waals surface area contributed by atoms with Gasteiger partial charge in [0.25, 0.3) is 0 Å². The second-order valence-corrected chi connectivity index (χ2v) is 5.36. The van der Waals surface area contributed by atoms with E-state index >= 15 is 0 Å². The summed E-state index contributed by atoms with van der Waals surface area (Å²) in [4.78, 5) is 4.39. The maximum Gasteiger partial charge on any atom is 0.174 e. The normalized spacial score (nSPS) is 11.2. The molecule has 0 saturated heterocycles. The minimum atomic E-state index is -0.513. The first-order chi connectivity index (χ1) is 9.11. The zero-order valence-electron chi connectivity index (χ0n) is 10.1. The highest BCUT2D eigenvalue weighted by molar-refractivity contribution is 7.22. The monoisotopic (exact) mass is 297 g/mol. The van der Waals surface area contributed by atoms with Gasteiger partial charge in [-0.15, -0.1) is 11.3 Å². The summed E-state index contributed by atoms with van der Waals surface area (Å²) >= 11 is 7.53. The number of ether oxygens (including phenoxy) is 1. The first-order valence-electron chi connectivity index (χ1n) is 5.44. The van der Waals surface area contributed by atoms with E-state index in [1.165, 1.54) is 24.5 Å². The van der Waals surface area contributed by atoms with Gasteiger partial charge in [0.1, 0.15) is 10.0 Å². The van der Waals surface area contributed by atoms with Gasteiger partial charge in [-0.2, -0.15) is 5.10 Å². The average molecular weight is 298 g/mol. The number of halogens is 2. The molecule has 1 N–H and O–H groups in total. The van der Waals surface area contributed by atoms with Crippen LogP contribution in [0.2, 0.25) is 5.02 Å². The van der Waals surface area contributed by atoms with Gasteiger partial charge < -0.3 is 4.74 Å². The van der Waals surface area contributed by atoms with Crippen molar-refractivity contribution in [3.05, 3.63) is 28.8 Å². The van der Waals surface area contributed by atoms with Crippen molar-refractivity contribution in [2.24, 2.45) is 0 Å². The lowest BCUT2D eigenvalue weighted by Crippen LogP contribution is -1.89. The Balaban J connectivity index is 2.27. The fraction of sp³-hybridized carbons (Fsp3) is 0.167. The van der Waals surface area contributed by atoms with E-state index in [2.05, 4.69) is 15.2 Å². The molecule has 19 heavy (non-hydrogen) atoms. The highest BCUT2D eigenvalue weighted by Gasteiger charge is 2.18. The molecule has 0 amide bonds. The van der Waals surface area contributed by atoms with Gasteiger partial charge in [0.05, 0.1) is 29.1 Å². The number of fused-ring (bicyclic) bond motifs is 1. The molecule has 1 aromatic carbocycles. The molecular weight excluding hydrogens is 289 g/mol. The van der Waals surface area contributed by atoms with Gasteiger partial charge in [-0.3, -0.25) is 5.10 Å². The van der Waals surface area contributed by atoms with Crippen LogP contribution in [0.25, 0.3) is 20.8 Å². The summed E-state index contributed by atoms with van der Waals surface area (Å²) < 4.78 is 19.4. The average Bonchev–Trinajstić information content (AvgIpc) is 2.95. The van der Waals surface area contributed by atoms with Gasteiger partial charge in [0, 0.05) is 11.8 Å². The quantitative estimate of drug-likeness (QED) is 0.783. The molecule has 98 valence electrons. The fourth-order valence-electron chi connectivity index (χ4n) is 1.85. The number of H-pyrrole nitrogens is 1. The molecule has 0 atom stereocenters.